The van der Waals surface area contributed by atoms with Gasteiger partial charge in [-0.25, -0.2) is 0 Å². The van der Waals surface area contributed by atoms with Crippen molar-refractivity contribution in [3.8, 4) is 0 Å². The van der Waals surface area contributed by atoms with Gasteiger partial charge in [-0.1, -0.05) is 48.0 Å². The summed E-state index contributed by atoms with van der Waals surface area (Å²) in [5, 5.41) is 0. The first-order valence-electron chi connectivity index (χ1n) is 6.55. The molecular weight excluding hydrogens is 168 g/mol. The normalized spacial score (nSPS) is 23.6. The summed E-state index contributed by atoms with van der Waals surface area (Å²) in [6.45, 7) is 13.6. The summed E-state index contributed by atoms with van der Waals surface area (Å²) in [7, 11) is 0. The van der Waals surface area contributed by atoms with Crippen LogP contribution in [-0.2, 0) is 0 Å². The standard InChI is InChI=1S/C12H24.C2H6/c1-5-10(2)11-6-8-12(3,4)9-7-11;1-2/h10-11H,5-9H2,1-4H3;1-2H3. The van der Waals surface area contributed by atoms with Crippen molar-refractivity contribution >= 4 is 0 Å². The molecule has 1 unspecified atom stereocenters. The Morgan fingerprint density at radius 3 is 1.93 bits per heavy atom. The van der Waals surface area contributed by atoms with Gasteiger partial charge < -0.3 is 0 Å². The Balaban J connectivity index is 0.000000791. The Bertz CT molecular complexity index is 125. The average Bonchev–Trinajstić information content (AvgIpc) is 2.20. The first-order chi connectivity index (χ1) is 6.55. The maximum atomic E-state index is 2.42. The van der Waals surface area contributed by atoms with Crippen molar-refractivity contribution in [3.63, 3.8) is 0 Å². The minimum absolute atomic E-state index is 0.643. The summed E-state index contributed by atoms with van der Waals surface area (Å²) < 4.78 is 0. The van der Waals surface area contributed by atoms with Crippen molar-refractivity contribution in [2.75, 3.05) is 0 Å². The zero-order valence-electron chi connectivity index (χ0n) is 11.2. The van der Waals surface area contributed by atoms with Gasteiger partial charge in [0.05, 0.1) is 0 Å². The third-order valence-corrected chi connectivity index (χ3v) is 3.83. The summed E-state index contributed by atoms with van der Waals surface area (Å²) in [6.07, 6.45) is 7.21. The number of hydrogen-bond donors (Lipinski definition) is 0. The van der Waals surface area contributed by atoms with Crippen molar-refractivity contribution < 1.29 is 0 Å². The molecule has 0 saturated heterocycles. The van der Waals surface area contributed by atoms with E-state index in [2.05, 4.69) is 27.7 Å². The molecule has 0 aromatic heterocycles. The fourth-order valence-electron chi connectivity index (χ4n) is 2.32. The molecule has 0 bridgehead atoms. The van der Waals surface area contributed by atoms with E-state index in [1.807, 2.05) is 13.8 Å². The Labute approximate surface area is 91.5 Å². The van der Waals surface area contributed by atoms with Crippen molar-refractivity contribution in [1.82, 2.24) is 0 Å². The first kappa shape index (κ1) is 14.0. The highest BCUT2D eigenvalue weighted by Gasteiger charge is 2.28. The Hall–Kier alpha value is 0. The molecule has 0 heteroatoms. The molecule has 86 valence electrons. The highest BCUT2D eigenvalue weighted by Crippen LogP contribution is 2.41. The molecule has 0 aliphatic heterocycles. The SMILES string of the molecule is CC.CCC(C)C1CCC(C)(C)CC1. The van der Waals surface area contributed by atoms with Gasteiger partial charge in [0.15, 0.2) is 0 Å². The highest BCUT2D eigenvalue weighted by molar-refractivity contribution is 4.80. The van der Waals surface area contributed by atoms with E-state index in [1.165, 1.54) is 32.1 Å². The highest BCUT2D eigenvalue weighted by atomic mass is 14.3. The summed E-state index contributed by atoms with van der Waals surface area (Å²) in [5.41, 5.74) is 0.643. The molecule has 0 aromatic carbocycles. The van der Waals surface area contributed by atoms with Gasteiger partial charge in [0.1, 0.15) is 0 Å². The molecule has 1 rings (SSSR count). The Morgan fingerprint density at radius 1 is 1.14 bits per heavy atom. The minimum atomic E-state index is 0.643. The molecule has 0 heterocycles. The predicted octanol–water partition coefficient (Wildman–Crippen LogP) is 5.28. The Kier molecular flexibility index (Phi) is 6.48. The van der Waals surface area contributed by atoms with Crippen molar-refractivity contribution in [1.29, 1.82) is 0 Å². The zero-order valence-corrected chi connectivity index (χ0v) is 11.2. The largest absolute Gasteiger partial charge is 0.0683 e. The smallest absolute Gasteiger partial charge is 0.0354 e. The molecule has 0 aromatic rings. The van der Waals surface area contributed by atoms with Gasteiger partial charge in [-0.2, -0.15) is 0 Å². The van der Waals surface area contributed by atoms with E-state index in [-0.39, 0.29) is 0 Å². The van der Waals surface area contributed by atoms with Crippen LogP contribution in [0.15, 0.2) is 0 Å². The van der Waals surface area contributed by atoms with E-state index < -0.39 is 0 Å². The maximum absolute atomic E-state index is 2.42. The lowest BCUT2D eigenvalue weighted by Crippen LogP contribution is -2.24. The summed E-state index contributed by atoms with van der Waals surface area (Å²) in [5.74, 6) is 1.99. The second-order valence-electron chi connectivity index (χ2n) is 5.39. The van der Waals surface area contributed by atoms with Crippen LogP contribution in [0.2, 0.25) is 0 Å². The molecule has 1 aliphatic carbocycles. The quantitative estimate of drug-likeness (QED) is 0.566. The van der Waals surface area contributed by atoms with Gasteiger partial charge in [0.2, 0.25) is 0 Å². The summed E-state index contributed by atoms with van der Waals surface area (Å²) in [6, 6.07) is 0. The van der Waals surface area contributed by atoms with Gasteiger partial charge in [-0.05, 0) is 42.9 Å². The van der Waals surface area contributed by atoms with E-state index in [0.717, 1.165) is 11.8 Å². The molecule has 1 fully saturated rings. The molecule has 1 saturated carbocycles. The van der Waals surface area contributed by atoms with Crippen LogP contribution in [0.1, 0.15) is 73.6 Å². The van der Waals surface area contributed by atoms with Crippen LogP contribution in [0, 0.1) is 17.3 Å². The van der Waals surface area contributed by atoms with Crippen LogP contribution in [0.25, 0.3) is 0 Å². The molecule has 0 radical (unpaired) electrons. The average molecular weight is 198 g/mol. The van der Waals surface area contributed by atoms with Crippen LogP contribution in [-0.4, -0.2) is 0 Å². The molecule has 14 heavy (non-hydrogen) atoms. The summed E-state index contributed by atoms with van der Waals surface area (Å²) >= 11 is 0. The topological polar surface area (TPSA) is 0 Å². The molecule has 0 spiro atoms. The van der Waals surface area contributed by atoms with Gasteiger partial charge >= 0.3 is 0 Å². The molecular formula is C14H30. The third-order valence-electron chi connectivity index (χ3n) is 3.83. The number of rotatable bonds is 2. The van der Waals surface area contributed by atoms with Crippen molar-refractivity contribution in [3.05, 3.63) is 0 Å². The van der Waals surface area contributed by atoms with Gasteiger partial charge in [0.25, 0.3) is 0 Å². The van der Waals surface area contributed by atoms with E-state index in [4.69, 9.17) is 0 Å². The predicted molar refractivity (Wildman–Crippen MR) is 66.5 cm³/mol. The van der Waals surface area contributed by atoms with Crippen molar-refractivity contribution in [2.45, 2.75) is 73.6 Å². The third kappa shape index (κ3) is 4.48. The zero-order chi connectivity index (χ0) is 11.2. The Morgan fingerprint density at radius 2 is 1.57 bits per heavy atom. The molecule has 1 aliphatic rings. The molecule has 0 amide bonds. The van der Waals surface area contributed by atoms with Crippen LogP contribution >= 0.6 is 0 Å². The first-order valence-corrected chi connectivity index (χ1v) is 6.55. The van der Waals surface area contributed by atoms with E-state index in [0.29, 0.717) is 5.41 Å². The molecule has 0 N–H and O–H groups in total. The van der Waals surface area contributed by atoms with Crippen LogP contribution in [0.4, 0.5) is 0 Å². The fraction of sp³-hybridized carbons (Fsp3) is 1.00. The van der Waals surface area contributed by atoms with Crippen LogP contribution in [0.3, 0.4) is 0 Å². The monoisotopic (exact) mass is 198 g/mol. The summed E-state index contributed by atoms with van der Waals surface area (Å²) in [4.78, 5) is 0. The van der Waals surface area contributed by atoms with E-state index >= 15 is 0 Å². The lowest BCUT2D eigenvalue weighted by Gasteiger charge is -2.36. The second kappa shape index (κ2) is 6.48. The lowest BCUT2D eigenvalue weighted by atomic mass is 9.69. The van der Waals surface area contributed by atoms with E-state index in [9.17, 15) is 0 Å². The maximum Gasteiger partial charge on any atom is -0.0354 e. The van der Waals surface area contributed by atoms with Gasteiger partial charge in [-0.3, -0.25) is 0 Å². The van der Waals surface area contributed by atoms with Crippen molar-refractivity contribution in [2.24, 2.45) is 17.3 Å². The lowest BCUT2D eigenvalue weighted by molar-refractivity contribution is 0.153. The molecule has 0 nitrogen and oxygen atoms in total. The minimum Gasteiger partial charge on any atom is -0.0683 e. The van der Waals surface area contributed by atoms with Gasteiger partial charge in [0, 0.05) is 0 Å². The molecule has 1 atom stereocenters. The van der Waals surface area contributed by atoms with Crippen LogP contribution < -0.4 is 0 Å². The number of hydrogen-bond acceptors (Lipinski definition) is 0. The van der Waals surface area contributed by atoms with Gasteiger partial charge in [-0.15, -0.1) is 0 Å². The second-order valence-corrected chi connectivity index (χ2v) is 5.39. The van der Waals surface area contributed by atoms with E-state index in [1.54, 1.807) is 0 Å². The fourth-order valence-corrected chi connectivity index (χ4v) is 2.32. The van der Waals surface area contributed by atoms with Crippen LogP contribution in [0.5, 0.6) is 0 Å².